The quantitative estimate of drug-likeness (QED) is 0.771. The van der Waals surface area contributed by atoms with Gasteiger partial charge in [-0.25, -0.2) is 8.42 Å². The molecule has 1 amide bonds. The van der Waals surface area contributed by atoms with Gasteiger partial charge < -0.3 is 14.7 Å². The molecule has 1 unspecified atom stereocenters. The van der Waals surface area contributed by atoms with E-state index in [-0.39, 0.29) is 17.6 Å². The Labute approximate surface area is 155 Å². The van der Waals surface area contributed by atoms with Crippen LogP contribution in [0.25, 0.3) is 0 Å². The highest BCUT2D eigenvalue weighted by Crippen LogP contribution is 2.45. The Morgan fingerprint density at radius 2 is 1.77 bits per heavy atom. The van der Waals surface area contributed by atoms with Crippen LogP contribution in [-0.2, 0) is 9.84 Å². The molecule has 3 fully saturated rings. The molecule has 1 spiro atoms. The second-order valence-electron chi connectivity index (χ2n) is 8.00. The number of rotatable bonds is 3. The van der Waals surface area contributed by atoms with E-state index in [4.69, 9.17) is 0 Å². The van der Waals surface area contributed by atoms with Crippen LogP contribution < -0.4 is 0 Å². The average molecular weight is 378 g/mol. The van der Waals surface area contributed by atoms with Gasteiger partial charge in [-0.05, 0) is 31.5 Å². The summed E-state index contributed by atoms with van der Waals surface area (Å²) in [5.74, 6) is 0.339. The van der Waals surface area contributed by atoms with E-state index in [0.29, 0.717) is 18.7 Å². The zero-order chi connectivity index (χ0) is 18.4. The topological polar surface area (TPSA) is 60.9 Å². The molecule has 3 saturated heterocycles. The van der Waals surface area contributed by atoms with Gasteiger partial charge in [0.1, 0.15) is 4.75 Å². The minimum absolute atomic E-state index is 0.0586. The minimum atomic E-state index is -3.14. The molecule has 0 aliphatic carbocycles. The van der Waals surface area contributed by atoms with Gasteiger partial charge in [0.25, 0.3) is 5.91 Å². The van der Waals surface area contributed by atoms with Crippen molar-refractivity contribution in [2.24, 2.45) is 5.92 Å². The van der Waals surface area contributed by atoms with E-state index in [2.05, 4.69) is 16.8 Å². The molecule has 7 heteroatoms. The standard InChI is InChI=1S/C19H27N3O3S/c1-20-8-10-21(11-9-20)13-17-7-12-26(24,25)19(17)14-22(15-19)18(23)16-5-3-2-4-6-16/h2-6,17H,7-15H2,1H3. The Bertz CT molecular complexity index is 766. The lowest BCUT2D eigenvalue weighted by molar-refractivity contribution is 0.0391. The SMILES string of the molecule is CN1CCN(CC2CCS(=O)(=O)C23CN(C(=O)c2ccccc2)C3)CC1. The molecule has 3 heterocycles. The zero-order valence-electron chi connectivity index (χ0n) is 15.3. The fourth-order valence-electron chi connectivity index (χ4n) is 4.58. The third-order valence-corrected chi connectivity index (χ3v) is 9.00. The maximum absolute atomic E-state index is 12.8. The molecule has 0 N–H and O–H groups in total. The molecule has 0 saturated carbocycles. The van der Waals surface area contributed by atoms with Gasteiger partial charge in [-0.1, -0.05) is 18.2 Å². The van der Waals surface area contributed by atoms with Crippen LogP contribution in [0, 0.1) is 5.92 Å². The van der Waals surface area contributed by atoms with Crippen LogP contribution >= 0.6 is 0 Å². The molecule has 0 aromatic heterocycles. The van der Waals surface area contributed by atoms with Gasteiger partial charge in [0.15, 0.2) is 9.84 Å². The number of hydrogen-bond acceptors (Lipinski definition) is 5. The Hall–Kier alpha value is -1.44. The molecule has 3 aliphatic heterocycles. The fraction of sp³-hybridized carbons (Fsp3) is 0.632. The highest BCUT2D eigenvalue weighted by Gasteiger charge is 2.62. The Balaban J connectivity index is 1.46. The van der Waals surface area contributed by atoms with Gasteiger partial charge in [0, 0.05) is 51.4 Å². The van der Waals surface area contributed by atoms with Gasteiger partial charge in [-0.15, -0.1) is 0 Å². The van der Waals surface area contributed by atoms with Gasteiger partial charge >= 0.3 is 0 Å². The van der Waals surface area contributed by atoms with Gasteiger partial charge in [0.05, 0.1) is 5.75 Å². The molecule has 4 rings (SSSR count). The van der Waals surface area contributed by atoms with E-state index in [1.165, 1.54) is 0 Å². The van der Waals surface area contributed by atoms with Crippen LogP contribution in [0.3, 0.4) is 0 Å². The zero-order valence-corrected chi connectivity index (χ0v) is 16.1. The summed E-state index contributed by atoms with van der Waals surface area (Å²) >= 11 is 0. The summed E-state index contributed by atoms with van der Waals surface area (Å²) in [6.45, 7) is 5.59. The summed E-state index contributed by atoms with van der Waals surface area (Å²) in [6, 6.07) is 9.13. The van der Waals surface area contributed by atoms with Crippen molar-refractivity contribution < 1.29 is 13.2 Å². The molecular weight excluding hydrogens is 350 g/mol. The summed E-state index contributed by atoms with van der Waals surface area (Å²) in [5, 5.41) is 0. The highest BCUT2D eigenvalue weighted by molar-refractivity contribution is 7.93. The number of likely N-dealkylation sites (tertiary alicyclic amines) is 1. The Kier molecular flexibility index (Phi) is 4.57. The predicted molar refractivity (Wildman–Crippen MR) is 101 cm³/mol. The number of carbonyl (C=O) groups excluding carboxylic acids is 1. The van der Waals surface area contributed by atoms with E-state index in [1.54, 1.807) is 17.0 Å². The van der Waals surface area contributed by atoms with Crippen molar-refractivity contribution >= 4 is 15.7 Å². The normalized spacial score (nSPS) is 28.2. The van der Waals surface area contributed by atoms with E-state index < -0.39 is 14.6 Å². The predicted octanol–water partition coefficient (Wildman–Crippen LogP) is 0.563. The van der Waals surface area contributed by atoms with E-state index >= 15 is 0 Å². The molecule has 6 nitrogen and oxygen atoms in total. The van der Waals surface area contributed by atoms with Crippen molar-refractivity contribution in [3.63, 3.8) is 0 Å². The van der Waals surface area contributed by atoms with Crippen LogP contribution in [0.5, 0.6) is 0 Å². The van der Waals surface area contributed by atoms with E-state index in [0.717, 1.165) is 39.1 Å². The summed E-state index contributed by atoms with van der Waals surface area (Å²) in [4.78, 5) is 19.0. The fourth-order valence-corrected chi connectivity index (χ4v) is 6.99. The molecule has 3 aliphatic rings. The first-order valence-electron chi connectivity index (χ1n) is 9.39. The van der Waals surface area contributed by atoms with E-state index in [9.17, 15) is 13.2 Å². The molecule has 1 aromatic carbocycles. The molecule has 1 atom stereocenters. The van der Waals surface area contributed by atoms with Crippen LogP contribution in [0.4, 0.5) is 0 Å². The lowest BCUT2D eigenvalue weighted by atomic mass is 9.82. The molecular formula is C19H27N3O3S. The number of hydrogen-bond donors (Lipinski definition) is 0. The number of likely N-dealkylation sites (N-methyl/N-ethyl adjacent to an activating group) is 1. The van der Waals surface area contributed by atoms with Gasteiger partial charge in [0.2, 0.25) is 0 Å². The third-order valence-electron chi connectivity index (χ3n) is 6.40. The minimum Gasteiger partial charge on any atom is -0.335 e. The van der Waals surface area contributed by atoms with Crippen LogP contribution in [0.2, 0.25) is 0 Å². The largest absolute Gasteiger partial charge is 0.335 e. The summed E-state index contributed by atoms with van der Waals surface area (Å²) in [6.07, 6.45) is 0.724. The number of sulfone groups is 1. The first kappa shape index (κ1) is 17.9. The van der Waals surface area contributed by atoms with Crippen molar-refractivity contribution in [3.8, 4) is 0 Å². The number of benzene rings is 1. The summed E-state index contributed by atoms with van der Waals surface area (Å²) in [7, 11) is -1.02. The van der Waals surface area contributed by atoms with Gasteiger partial charge in [-0.2, -0.15) is 0 Å². The third kappa shape index (κ3) is 2.96. The van der Waals surface area contributed by atoms with Crippen LogP contribution in [0.15, 0.2) is 30.3 Å². The first-order chi connectivity index (χ1) is 12.4. The second-order valence-corrected chi connectivity index (χ2v) is 10.5. The number of piperazine rings is 1. The summed E-state index contributed by atoms with van der Waals surface area (Å²) < 4.78 is 24.9. The molecule has 0 radical (unpaired) electrons. The Morgan fingerprint density at radius 3 is 2.42 bits per heavy atom. The lowest BCUT2D eigenvalue weighted by Crippen LogP contribution is -2.69. The summed E-state index contributed by atoms with van der Waals surface area (Å²) in [5.41, 5.74) is 0.633. The second kappa shape index (κ2) is 6.62. The molecule has 0 bridgehead atoms. The maximum Gasteiger partial charge on any atom is 0.253 e. The van der Waals surface area contributed by atoms with Crippen LogP contribution in [-0.4, -0.2) is 92.4 Å². The molecule has 142 valence electrons. The van der Waals surface area contributed by atoms with Crippen molar-refractivity contribution in [1.82, 2.24) is 14.7 Å². The molecule has 26 heavy (non-hydrogen) atoms. The maximum atomic E-state index is 12.8. The van der Waals surface area contributed by atoms with Crippen LogP contribution in [0.1, 0.15) is 16.8 Å². The van der Waals surface area contributed by atoms with Crippen molar-refractivity contribution in [3.05, 3.63) is 35.9 Å². The van der Waals surface area contributed by atoms with Crippen molar-refractivity contribution in [2.45, 2.75) is 11.2 Å². The number of nitrogens with zero attached hydrogens (tertiary/aromatic N) is 3. The van der Waals surface area contributed by atoms with Crippen molar-refractivity contribution in [2.75, 3.05) is 58.6 Å². The number of amides is 1. The van der Waals surface area contributed by atoms with Gasteiger partial charge in [-0.3, -0.25) is 4.79 Å². The first-order valence-corrected chi connectivity index (χ1v) is 11.0. The lowest BCUT2D eigenvalue weighted by Gasteiger charge is -2.51. The van der Waals surface area contributed by atoms with E-state index in [1.807, 2.05) is 18.2 Å². The smallest absolute Gasteiger partial charge is 0.253 e. The highest BCUT2D eigenvalue weighted by atomic mass is 32.2. The monoisotopic (exact) mass is 377 g/mol. The van der Waals surface area contributed by atoms with Crippen molar-refractivity contribution in [1.29, 1.82) is 0 Å². The molecule has 1 aromatic rings. The Morgan fingerprint density at radius 1 is 1.12 bits per heavy atom. The number of carbonyl (C=O) groups is 1. The average Bonchev–Trinajstić information content (AvgIpc) is 2.86.